The maximum atomic E-state index is 13.0. The summed E-state index contributed by atoms with van der Waals surface area (Å²) >= 11 is 0. The molecule has 7 nitrogen and oxygen atoms in total. The molecular formula is C23H28N6O. The minimum Gasteiger partial charge on any atom is -0.354 e. The zero-order chi connectivity index (χ0) is 20.7. The van der Waals surface area contributed by atoms with Gasteiger partial charge in [0.1, 0.15) is 12.2 Å². The van der Waals surface area contributed by atoms with Gasteiger partial charge in [-0.15, -0.1) is 0 Å². The fourth-order valence-electron chi connectivity index (χ4n) is 4.63. The standard InChI is InChI=1S/C23H28N6O/c1-15-8-9-18(12-16(15)2)26-23(30)17-6-5-10-28(13-17)21-20-22(25-14-24-21)29-11-4-3-7-19(29)27-20/h8-9,12,14,17H,3-7,10-11,13H2,1-2H3,(H,26,30). The van der Waals surface area contributed by atoms with Gasteiger partial charge in [-0.3, -0.25) is 4.79 Å². The van der Waals surface area contributed by atoms with Crippen molar-refractivity contribution in [1.82, 2.24) is 19.5 Å². The van der Waals surface area contributed by atoms with E-state index in [9.17, 15) is 4.79 Å². The number of hydrogen-bond donors (Lipinski definition) is 1. The Hall–Kier alpha value is -2.96. The van der Waals surface area contributed by atoms with Crippen LogP contribution in [0.2, 0.25) is 0 Å². The average molecular weight is 405 g/mol. The lowest BCUT2D eigenvalue weighted by Gasteiger charge is -2.32. The van der Waals surface area contributed by atoms with Gasteiger partial charge in [-0.05, 0) is 62.8 Å². The van der Waals surface area contributed by atoms with E-state index in [0.717, 1.165) is 60.8 Å². The van der Waals surface area contributed by atoms with E-state index in [1.54, 1.807) is 6.33 Å². The molecule has 0 aliphatic carbocycles. The predicted molar refractivity (Wildman–Crippen MR) is 118 cm³/mol. The number of benzene rings is 1. The lowest BCUT2D eigenvalue weighted by atomic mass is 9.97. The highest BCUT2D eigenvalue weighted by atomic mass is 16.1. The van der Waals surface area contributed by atoms with E-state index in [2.05, 4.69) is 44.7 Å². The minimum atomic E-state index is -0.0670. The molecule has 30 heavy (non-hydrogen) atoms. The highest BCUT2D eigenvalue weighted by Crippen LogP contribution is 2.30. The Morgan fingerprint density at radius 2 is 2.00 bits per heavy atom. The van der Waals surface area contributed by atoms with Gasteiger partial charge in [0.05, 0.1) is 5.92 Å². The molecule has 156 valence electrons. The van der Waals surface area contributed by atoms with Crippen molar-refractivity contribution in [3.05, 3.63) is 41.5 Å². The molecule has 1 amide bonds. The van der Waals surface area contributed by atoms with Gasteiger partial charge in [0, 0.05) is 31.7 Å². The number of nitrogens with one attached hydrogen (secondary N) is 1. The van der Waals surface area contributed by atoms with Crippen LogP contribution in [0.25, 0.3) is 11.2 Å². The van der Waals surface area contributed by atoms with E-state index in [1.165, 1.54) is 24.0 Å². The SMILES string of the molecule is Cc1ccc(NC(=O)C2CCCN(c3ncnc4c3nc3n4CCCC3)C2)cc1C. The number of aryl methyl sites for hydroxylation is 4. The zero-order valence-corrected chi connectivity index (χ0v) is 17.7. The van der Waals surface area contributed by atoms with Gasteiger partial charge < -0.3 is 14.8 Å². The Kier molecular flexibility index (Phi) is 4.89. The maximum Gasteiger partial charge on any atom is 0.229 e. The third-order valence-corrected chi connectivity index (χ3v) is 6.49. The molecule has 0 radical (unpaired) electrons. The summed E-state index contributed by atoms with van der Waals surface area (Å²) < 4.78 is 2.23. The number of aromatic nitrogens is 4. The monoisotopic (exact) mass is 404 g/mol. The van der Waals surface area contributed by atoms with Gasteiger partial charge in [0.15, 0.2) is 17.0 Å². The largest absolute Gasteiger partial charge is 0.354 e. The molecule has 1 aromatic carbocycles. The average Bonchev–Trinajstić information content (AvgIpc) is 3.15. The molecule has 1 unspecified atom stereocenters. The van der Waals surface area contributed by atoms with Crippen molar-refractivity contribution in [2.24, 2.45) is 5.92 Å². The van der Waals surface area contributed by atoms with Gasteiger partial charge in [0.25, 0.3) is 0 Å². The van der Waals surface area contributed by atoms with Gasteiger partial charge in [-0.1, -0.05) is 6.07 Å². The molecule has 2 aromatic heterocycles. The highest BCUT2D eigenvalue weighted by molar-refractivity contribution is 5.93. The Morgan fingerprint density at radius 3 is 2.87 bits per heavy atom. The van der Waals surface area contributed by atoms with Crippen LogP contribution in [0.5, 0.6) is 0 Å². The van der Waals surface area contributed by atoms with Crippen molar-refractivity contribution in [2.45, 2.75) is 52.5 Å². The highest BCUT2D eigenvalue weighted by Gasteiger charge is 2.29. The summed E-state index contributed by atoms with van der Waals surface area (Å²) in [5.41, 5.74) is 5.09. The first-order valence-corrected chi connectivity index (χ1v) is 10.9. The zero-order valence-electron chi connectivity index (χ0n) is 17.7. The molecule has 7 heteroatoms. The fraction of sp³-hybridized carbons (Fsp3) is 0.478. The van der Waals surface area contributed by atoms with Crippen molar-refractivity contribution in [1.29, 1.82) is 0 Å². The molecule has 3 aromatic rings. The van der Waals surface area contributed by atoms with E-state index >= 15 is 0 Å². The molecule has 1 atom stereocenters. The van der Waals surface area contributed by atoms with E-state index < -0.39 is 0 Å². The third kappa shape index (κ3) is 3.42. The minimum absolute atomic E-state index is 0.0670. The second kappa shape index (κ2) is 7.70. The Morgan fingerprint density at radius 1 is 1.10 bits per heavy atom. The molecule has 2 aliphatic heterocycles. The Balaban J connectivity index is 1.37. The van der Waals surface area contributed by atoms with Crippen LogP contribution >= 0.6 is 0 Å². The number of carbonyl (C=O) groups excluding carboxylic acids is 1. The first-order chi connectivity index (χ1) is 14.6. The van der Waals surface area contributed by atoms with Crippen LogP contribution < -0.4 is 10.2 Å². The summed E-state index contributed by atoms with van der Waals surface area (Å²) in [7, 11) is 0. The van der Waals surface area contributed by atoms with Crippen molar-refractivity contribution in [3.8, 4) is 0 Å². The summed E-state index contributed by atoms with van der Waals surface area (Å²) in [5, 5.41) is 3.11. The molecule has 4 heterocycles. The summed E-state index contributed by atoms with van der Waals surface area (Å²) in [4.78, 5) is 29.2. The van der Waals surface area contributed by atoms with Crippen LogP contribution in [0.1, 0.15) is 42.6 Å². The van der Waals surface area contributed by atoms with Crippen molar-refractivity contribution in [3.63, 3.8) is 0 Å². The Labute approximate surface area is 176 Å². The maximum absolute atomic E-state index is 13.0. The number of carbonyl (C=O) groups is 1. The predicted octanol–water partition coefficient (Wildman–Crippen LogP) is 3.63. The number of amides is 1. The first-order valence-electron chi connectivity index (χ1n) is 10.9. The van der Waals surface area contributed by atoms with Crippen molar-refractivity contribution < 1.29 is 4.79 Å². The quantitative estimate of drug-likeness (QED) is 0.721. The summed E-state index contributed by atoms with van der Waals surface area (Å²) in [6.45, 7) is 6.67. The van der Waals surface area contributed by atoms with E-state index in [-0.39, 0.29) is 11.8 Å². The van der Waals surface area contributed by atoms with Crippen molar-refractivity contribution in [2.75, 3.05) is 23.3 Å². The summed E-state index contributed by atoms with van der Waals surface area (Å²) in [5.74, 6) is 1.99. The molecule has 0 spiro atoms. The van der Waals surface area contributed by atoms with Gasteiger partial charge in [0.2, 0.25) is 5.91 Å². The number of nitrogens with zero attached hydrogens (tertiary/aromatic N) is 5. The van der Waals surface area contributed by atoms with E-state index in [0.29, 0.717) is 6.54 Å². The Bertz CT molecular complexity index is 1100. The summed E-state index contributed by atoms with van der Waals surface area (Å²) in [6, 6.07) is 6.07. The molecule has 2 aliphatic rings. The molecule has 1 saturated heterocycles. The number of hydrogen-bond acceptors (Lipinski definition) is 5. The molecule has 1 fully saturated rings. The van der Waals surface area contributed by atoms with Crippen LogP contribution in [0.15, 0.2) is 24.5 Å². The number of anilines is 2. The van der Waals surface area contributed by atoms with Crippen LogP contribution in [-0.2, 0) is 17.8 Å². The van der Waals surface area contributed by atoms with Gasteiger partial charge in [-0.25, -0.2) is 15.0 Å². The van der Waals surface area contributed by atoms with Gasteiger partial charge in [-0.2, -0.15) is 0 Å². The number of imidazole rings is 1. The van der Waals surface area contributed by atoms with Crippen LogP contribution in [-0.4, -0.2) is 38.5 Å². The topological polar surface area (TPSA) is 75.9 Å². The van der Waals surface area contributed by atoms with Crippen LogP contribution in [0, 0.1) is 19.8 Å². The molecule has 0 saturated carbocycles. The summed E-state index contributed by atoms with van der Waals surface area (Å²) in [6.07, 6.45) is 6.83. The van der Waals surface area contributed by atoms with E-state index in [4.69, 9.17) is 4.98 Å². The second-order valence-corrected chi connectivity index (χ2v) is 8.58. The smallest absolute Gasteiger partial charge is 0.229 e. The van der Waals surface area contributed by atoms with Gasteiger partial charge >= 0.3 is 0 Å². The number of piperidine rings is 1. The third-order valence-electron chi connectivity index (χ3n) is 6.49. The van der Waals surface area contributed by atoms with Crippen molar-refractivity contribution >= 4 is 28.6 Å². The van der Waals surface area contributed by atoms with Crippen LogP contribution in [0.3, 0.4) is 0 Å². The fourth-order valence-corrected chi connectivity index (χ4v) is 4.63. The van der Waals surface area contributed by atoms with Crippen LogP contribution in [0.4, 0.5) is 11.5 Å². The second-order valence-electron chi connectivity index (χ2n) is 8.58. The van der Waals surface area contributed by atoms with E-state index in [1.807, 2.05) is 12.1 Å². The normalized spacial score (nSPS) is 19.0. The number of fused-ring (bicyclic) bond motifs is 3. The molecule has 1 N–H and O–H groups in total. The first kappa shape index (κ1) is 19.0. The lowest BCUT2D eigenvalue weighted by Crippen LogP contribution is -2.41. The lowest BCUT2D eigenvalue weighted by molar-refractivity contribution is -0.120. The molecule has 0 bridgehead atoms. The molecule has 5 rings (SSSR count). The number of rotatable bonds is 3. The molecular weight excluding hydrogens is 376 g/mol.